The monoisotopic (exact) mass is 233 g/mol. The molecule has 90 valence electrons. The van der Waals surface area contributed by atoms with E-state index in [1.54, 1.807) is 6.08 Å². The third kappa shape index (κ3) is 2.38. The molecule has 1 aliphatic rings. The summed E-state index contributed by atoms with van der Waals surface area (Å²) in [4.78, 5) is 11.6. The number of ether oxygens (including phenoxy) is 1. The van der Waals surface area contributed by atoms with Crippen LogP contribution in [0.5, 0.6) is 0 Å². The van der Waals surface area contributed by atoms with Crippen molar-refractivity contribution in [1.29, 1.82) is 0 Å². The number of nitrogens with one attached hydrogen (secondary N) is 1. The summed E-state index contributed by atoms with van der Waals surface area (Å²) in [5.41, 5.74) is 3.79. The molecule has 0 aliphatic carbocycles. The Labute approximate surface area is 99.8 Å². The highest BCUT2D eigenvalue weighted by atomic mass is 16.5. The second-order valence-electron chi connectivity index (χ2n) is 4.13. The van der Waals surface area contributed by atoms with Gasteiger partial charge in [-0.2, -0.15) is 0 Å². The summed E-state index contributed by atoms with van der Waals surface area (Å²) in [6.45, 7) is 3.79. The molecular weight excluding hydrogens is 218 g/mol. The molecule has 0 saturated carbocycles. The van der Waals surface area contributed by atoms with Crippen LogP contribution in [-0.4, -0.2) is 22.5 Å². The molecule has 1 aliphatic heterocycles. The smallest absolute Gasteiger partial charge is 0.277 e. The van der Waals surface area contributed by atoms with Gasteiger partial charge < -0.3 is 9.30 Å². The average Bonchev–Trinajstić information content (AvgIpc) is 2.79. The van der Waals surface area contributed by atoms with E-state index in [0.717, 1.165) is 5.69 Å². The number of hydrogen-bond donors (Lipinski definition) is 1. The van der Waals surface area contributed by atoms with Crippen molar-refractivity contribution in [2.75, 3.05) is 0 Å². The Hall–Kier alpha value is -2.04. The van der Waals surface area contributed by atoms with Crippen LogP contribution in [0.1, 0.15) is 19.5 Å². The molecule has 0 aromatic carbocycles. The van der Waals surface area contributed by atoms with Gasteiger partial charge in [-0.05, 0) is 32.1 Å². The second-order valence-corrected chi connectivity index (χ2v) is 4.13. The number of hydrazone groups is 1. The van der Waals surface area contributed by atoms with Crippen LogP contribution in [0.3, 0.4) is 0 Å². The topological polar surface area (TPSA) is 55.6 Å². The number of aromatic nitrogens is 1. The molecular formula is C12H15N3O2. The fraction of sp³-hybridized carbons (Fsp3) is 0.333. The first-order valence-electron chi connectivity index (χ1n) is 5.46. The standard InChI is InChI=1S/C12H15N3O2/c1-8(2)17-12-10(11(16)13-14-12)7-9-5-4-6-15(9)3/h4-8H,1-3H3,(H,13,16)/b10-7-. The zero-order valence-corrected chi connectivity index (χ0v) is 10.1. The number of carbonyl (C=O) groups excluding carboxylic acids is 1. The maximum absolute atomic E-state index is 11.6. The lowest BCUT2D eigenvalue weighted by molar-refractivity contribution is -0.116. The number of nitrogens with zero attached hydrogens (tertiary/aromatic N) is 2. The van der Waals surface area contributed by atoms with Crippen LogP contribution in [0.4, 0.5) is 0 Å². The van der Waals surface area contributed by atoms with Crippen molar-refractivity contribution in [1.82, 2.24) is 9.99 Å². The molecule has 1 amide bonds. The van der Waals surface area contributed by atoms with Crippen molar-refractivity contribution >= 4 is 17.9 Å². The first-order chi connectivity index (χ1) is 8.08. The van der Waals surface area contributed by atoms with Gasteiger partial charge in [0, 0.05) is 18.9 Å². The maximum Gasteiger partial charge on any atom is 0.277 e. The average molecular weight is 233 g/mol. The molecule has 0 bridgehead atoms. The van der Waals surface area contributed by atoms with Gasteiger partial charge in [0.05, 0.1) is 6.10 Å². The van der Waals surface area contributed by atoms with Gasteiger partial charge in [-0.25, -0.2) is 5.43 Å². The molecule has 5 heteroatoms. The maximum atomic E-state index is 11.6. The molecule has 0 unspecified atom stereocenters. The van der Waals surface area contributed by atoms with E-state index in [2.05, 4.69) is 10.5 Å². The fourth-order valence-electron chi connectivity index (χ4n) is 1.53. The van der Waals surface area contributed by atoms with E-state index in [4.69, 9.17) is 4.74 Å². The number of aryl methyl sites for hydroxylation is 1. The highest BCUT2D eigenvalue weighted by molar-refractivity contribution is 6.24. The Morgan fingerprint density at radius 3 is 2.88 bits per heavy atom. The van der Waals surface area contributed by atoms with E-state index < -0.39 is 0 Å². The summed E-state index contributed by atoms with van der Waals surface area (Å²) < 4.78 is 7.39. The van der Waals surface area contributed by atoms with Crippen molar-refractivity contribution < 1.29 is 9.53 Å². The number of rotatable bonds is 2. The van der Waals surface area contributed by atoms with Gasteiger partial charge in [0.15, 0.2) is 0 Å². The normalized spacial score (nSPS) is 17.5. The van der Waals surface area contributed by atoms with Gasteiger partial charge in [0.25, 0.3) is 5.91 Å². The molecule has 5 nitrogen and oxygen atoms in total. The van der Waals surface area contributed by atoms with E-state index in [9.17, 15) is 4.79 Å². The van der Waals surface area contributed by atoms with Crippen LogP contribution in [-0.2, 0) is 16.6 Å². The van der Waals surface area contributed by atoms with Gasteiger partial charge in [-0.15, -0.1) is 5.10 Å². The molecule has 1 aromatic rings. The Bertz CT molecular complexity index is 498. The molecule has 0 saturated heterocycles. The van der Waals surface area contributed by atoms with Crippen LogP contribution in [0, 0.1) is 0 Å². The van der Waals surface area contributed by atoms with E-state index in [0.29, 0.717) is 11.5 Å². The van der Waals surface area contributed by atoms with E-state index in [1.807, 2.05) is 43.8 Å². The zero-order chi connectivity index (χ0) is 12.4. The minimum atomic E-state index is -0.234. The van der Waals surface area contributed by atoms with Gasteiger partial charge in [0.2, 0.25) is 5.90 Å². The summed E-state index contributed by atoms with van der Waals surface area (Å²) in [7, 11) is 1.92. The Morgan fingerprint density at radius 2 is 2.29 bits per heavy atom. The molecule has 2 heterocycles. The van der Waals surface area contributed by atoms with Crippen molar-refractivity contribution in [3.63, 3.8) is 0 Å². The number of amides is 1. The summed E-state index contributed by atoms with van der Waals surface area (Å²) >= 11 is 0. The predicted octanol–water partition coefficient (Wildman–Crippen LogP) is 1.28. The highest BCUT2D eigenvalue weighted by Gasteiger charge is 2.25. The highest BCUT2D eigenvalue weighted by Crippen LogP contribution is 2.14. The van der Waals surface area contributed by atoms with E-state index in [-0.39, 0.29) is 12.0 Å². The lowest BCUT2D eigenvalue weighted by Crippen LogP contribution is -2.16. The third-order valence-corrected chi connectivity index (χ3v) is 2.36. The van der Waals surface area contributed by atoms with E-state index >= 15 is 0 Å². The van der Waals surface area contributed by atoms with Crippen LogP contribution < -0.4 is 5.43 Å². The Morgan fingerprint density at radius 1 is 1.53 bits per heavy atom. The van der Waals surface area contributed by atoms with E-state index in [1.165, 1.54) is 0 Å². The summed E-state index contributed by atoms with van der Waals surface area (Å²) in [6.07, 6.45) is 3.67. The minimum Gasteiger partial charge on any atom is -0.473 e. The van der Waals surface area contributed by atoms with Crippen LogP contribution >= 0.6 is 0 Å². The molecule has 2 rings (SSSR count). The van der Waals surface area contributed by atoms with Gasteiger partial charge in [-0.3, -0.25) is 4.79 Å². The number of carbonyl (C=O) groups is 1. The summed E-state index contributed by atoms with van der Waals surface area (Å²) in [6, 6.07) is 3.84. The number of hydrogen-bond acceptors (Lipinski definition) is 3. The molecule has 0 spiro atoms. The molecule has 1 N–H and O–H groups in total. The molecule has 0 radical (unpaired) electrons. The van der Waals surface area contributed by atoms with Gasteiger partial charge >= 0.3 is 0 Å². The third-order valence-electron chi connectivity index (χ3n) is 2.36. The second kappa shape index (κ2) is 4.45. The Balaban J connectivity index is 2.29. The largest absolute Gasteiger partial charge is 0.473 e. The SMILES string of the molecule is CC(C)OC1=NNC(=O)/C1=C/c1cccn1C. The van der Waals surface area contributed by atoms with Crippen LogP contribution in [0.25, 0.3) is 6.08 Å². The lowest BCUT2D eigenvalue weighted by atomic mass is 10.2. The zero-order valence-electron chi connectivity index (χ0n) is 10.1. The molecule has 0 atom stereocenters. The molecule has 17 heavy (non-hydrogen) atoms. The molecule has 1 aromatic heterocycles. The quantitative estimate of drug-likeness (QED) is 0.782. The predicted molar refractivity (Wildman–Crippen MR) is 65.2 cm³/mol. The van der Waals surface area contributed by atoms with Crippen LogP contribution in [0.15, 0.2) is 29.0 Å². The summed E-state index contributed by atoms with van der Waals surface area (Å²) in [5, 5.41) is 3.87. The van der Waals surface area contributed by atoms with Crippen molar-refractivity contribution in [2.24, 2.45) is 12.1 Å². The van der Waals surface area contributed by atoms with Gasteiger partial charge in [0.1, 0.15) is 5.57 Å². The van der Waals surface area contributed by atoms with Crippen molar-refractivity contribution in [3.8, 4) is 0 Å². The lowest BCUT2D eigenvalue weighted by Gasteiger charge is -2.08. The van der Waals surface area contributed by atoms with Crippen molar-refractivity contribution in [3.05, 3.63) is 29.6 Å². The minimum absolute atomic E-state index is 0.0155. The first kappa shape index (κ1) is 11.4. The first-order valence-corrected chi connectivity index (χ1v) is 5.46. The molecule has 0 fully saturated rings. The Kier molecular flexibility index (Phi) is 2.99. The van der Waals surface area contributed by atoms with Gasteiger partial charge in [-0.1, -0.05) is 0 Å². The van der Waals surface area contributed by atoms with Crippen molar-refractivity contribution in [2.45, 2.75) is 20.0 Å². The van der Waals surface area contributed by atoms with Crippen LogP contribution in [0.2, 0.25) is 0 Å². The fourth-order valence-corrected chi connectivity index (χ4v) is 1.53. The summed E-state index contributed by atoms with van der Waals surface area (Å²) in [5.74, 6) is 0.119.